The van der Waals surface area contributed by atoms with Crippen molar-refractivity contribution in [2.75, 3.05) is 13.7 Å². The van der Waals surface area contributed by atoms with Crippen molar-refractivity contribution in [2.24, 2.45) is 7.05 Å². The van der Waals surface area contributed by atoms with Crippen LogP contribution in [0.2, 0.25) is 0 Å². The van der Waals surface area contributed by atoms with Gasteiger partial charge in [-0.2, -0.15) is 0 Å². The average Bonchev–Trinajstić information content (AvgIpc) is 2.31. The van der Waals surface area contributed by atoms with E-state index >= 15 is 0 Å². The van der Waals surface area contributed by atoms with Gasteiger partial charge in [-0.05, 0) is 0 Å². The summed E-state index contributed by atoms with van der Waals surface area (Å²) >= 11 is 0. The van der Waals surface area contributed by atoms with E-state index in [9.17, 15) is 0 Å². The summed E-state index contributed by atoms with van der Waals surface area (Å²) < 4.78 is 8.63. The van der Waals surface area contributed by atoms with Crippen molar-refractivity contribution in [1.29, 1.82) is 0 Å². The normalized spacial score (nSPS) is 9.27. The van der Waals surface area contributed by atoms with E-state index in [1.807, 2.05) is 17.9 Å². The summed E-state index contributed by atoms with van der Waals surface area (Å²) in [4.78, 5) is 0. The van der Waals surface area contributed by atoms with E-state index in [2.05, 4.69) is 5.10 Å². The van der Waals surface area contributed by atoms with Gasteiger partial charge in [0.1, 0.15) is 0 Å². The zero-order valence-electron chi connectivity index (χ0n) is 6.70. The molecule has 1 heterocycles. The Morgan fingerprint density at radius 1 is 1.64 bits per heavy atom. The van der Waals surface area contributed by atoms with Gasteiger partial charge in [0.25, 0.3) is 6.33 Å². The molecule has 0 amide bonds. The summed E-state index contributed by atoms with van der Waals surface area (Å²) in [5.74, 6) is 0. The maximum atomic E-state index is 4.90. The van der Waals surface area contributed by atoms with E-state index in [0.717, 1.165) is 13.2 Å². The predicted molar refractivity (Wildman–Crippen MR) is 35.3 cm³/mol. The Hall–Kier alpha value is -0.420. The van der Waals surface area contributed by atoms with Gasteiger partial charge in [-0.1, -0.05) is 0 Å². The van der Waals surface area contributed by atoms with Crippen molar-refractivity contribution in [3.8, 4) is 0 Å². The molecule has 0 radical (unpaired) electrons. The number of aromatic nitrogens is 3. The molecule has 0 spiro atoms. The van der Waals surface area contributed by atoms with Gasteiger partial charge in [0.15, 0.2) is 0 Å². The maximum Gasteiger partial charge on any atom is 0.265 e. The molecular formula is C6H12BrN3O. The molecule has 4 nitrogen and oxygen atoms in total. The fourth-order valence-corrected chi connectivity index (χ4v) is 0.734. The number of aryl methyl sites for hydroxylation is 1. The molecule has 0 aliphatic heterocycles. The van der Waals surface area contributed by atoms with Crippen LogP contribution < -0.4 is 21.5 Å². The fraction of sp³-hybridized carbons (Fsp3) is 0.667. The molecule has 0 aliphatic carbocycles. The van der Waals surface area contributed by atoms with Crippen LogP contribution in [0.5, 0.6) is 0 Å². The molecule has 0 N–H and O–H groups in total. The van der Waals surface area contributed by atoms with Gasteiger partial charge in [-0.25, -0.2) is 4.57 Å². The Morgan fingerprint density at radius 3 is 2.82 bits per heavy atom. The van der Waals surface area contributed by atoms with Crippen LogP contribution in [0, 0.1) is 0 Å². The molecule has 1 aromatic heterocycles. The molecule has 0 bridgehead atoms. The lowest BCUT2D eigenvalue weighted by atomic mass is 10.7. The Kier molecular flexibility index (Phi) is 5.06. The molecule has 1 rings (SSSR count). The van der Waals surface area contributed by atoms with Crippen LogP contribution in [-0.4, -0.2) is 23.5 Å². The van der Waals surface area contributed by atoms with Crippen molar-refractivity contribution < 1.29 is 26.3 Å². The average molecular weight is 222 g/mol. The van der Waals surface area contributed by atoms with Crippen molar-refractivity contribution in [1.82, 2.24) is 9.78 Å². The molecule has 0 atom stereocenters. The van der Waals surface area contributed by atoms with Gasteiger partial charge in [-0.15, -0.1) is 4.68 Å². The predicted octanol–water partition coefficient (Wildman–Crippen LogP) is -3.64. The van der Waals surface area contributed by atoms with E-state index in [1.54, 1.807) is 18.1 Å². The summed E-state index contributed by atoms with van der Waals surface area (Å²) in [6, 6.07) is 0. The third-order valence-electron chi connectivity index (χ3n) is 1.25. The van der Waals surface area contributed by atoms with E-state index in [4.69, 9.17) is 4.74 Å². The lowest BCUT2D eigenvalue weighted by Crippen LogP contribution is -3.00. The summed E-state index contributed by atoms with van der Waals surface area (Å²) in [6.07, 6.45) is 3.69. The summed E-state index contributed by atoms with van der Waals surface area (Å²) in [6.45, 7) is 1.60. The van der Waals surface area contributed by atoms with Gasteiger partial charge < -0.3 is 21.7 Å². The standard InChI is InChI=1S/C6H12N3O.BrH/c1-8-6-9(5-7-8)3-4-10-2;/h5-6H,3-4H2,1-2H3;1H/q+1;/p-1. The SMILES string of the molecule is COCC[n+]1cnn(C)c1.[Br-]. The van der Waals surface area contributed by atoms with Crippen LogP contribution in [0.25, 0.3) is 0 Å². The van der Waals surface area contributed by atoms with Crippen LogP contribution in [0.4, 0.5) is 0 Å². The molecule has 1 aromatic rings. The molecule has 64 valence electrons. The Balaban J connectivity index is 0.000001000. The molecule has 0 unspecified atom stereocenters. The number of nitrogens with zero attached hydrogens (tertiary/aromatic N) is 3. The summed E-state index contributed by atoms with van der Waals surface area (Å²) in [5.41, 5.74) is 0. The van der Waals surface area contributed by atoms with Crippen LogP contribution in [0.1, 0.15) is 0 Å². The first kappa shape index (κ1) is 10.6. The largest absolute Gasteiger partial charge is 1.00 e. The van der Waals surface area contributed by atoms with Crippen LogP contribution in [0.15, 0.2) is 12.7 Å². The van der Waals surface area contributed by atoms with E-state index in [0.29, 0.717) is 0 Å². The smallest absolute Gasteiger partial charge is 0.265 e. The second-order valence-electron chi connectivity index (χ2n) is 2.15. The van der Waals surface area contributed by atoms with Crippen molar-refractivity contribution in [3.63, 3.8) is 0 Å². The molecule has 0 saturated heterocycles. The van der Waals surface area contributed by atoms with Crippen LogP contribution in [-0.2, 0) is 18.3 Å². The second-order valence-corrected chi connectivity index (χ2v) is 2.15. The number of ether oxygens (including phenoxy) is 1. The molecule has 0 aromatic carbocycles. The molecule has 0 saturated carbocycles. The van der Waals surface area contributed by atoms with Crippen molar-refractivity contribution >= 4 is 0 Å². The minimum atomic E-state index is 0. The minimum absolute atomic E-state index is 0. The highest BCUT2D eigenvalue weighted by Gasteiger charge is 1.98. The Bertz CT molecular complexity index is 201. The van der Waals surface area contributed by atoms with Gasteiger partial charge in [0.2, 0.25) is 6.33 Å². The van der Waals surface area contributed by atoms with Crippen molar-refractivity contribution in [3.05, 3.63) is 12.7 Å². The summed E-state index contributed by atoms with van der Waals surface area (Å²) in [7, 11) is 3.58. The number of halogens is 1. The zero-order chi connectivity index (χ0) is 7.40. The van der Waals surface area contributed by atoms with E-state index < -0.39 is 0 Å². The molecule has 0 fully saturated rings. The van der Waals surface area contributed by atoms with E-state index in [1.165, 1.54) is 0 Å². The quantitative estimate of drug-likeness (QED) is 0.494. The third-order valence-corrected chi connectivity index (χ3v) is 1.25. The fourth-order valence-electron chi connectivity index (χ4n) is 0.734. The Morgan fingerprint density at radius 2 is 2.36 bits per heavy atom. The highest BCUT2D eigenvalue weighted by Crippen LogP contribution is 1.71. The lowest BCUT2D eigenvalue weighted by molar-refractivity contribution is -0.699. The minimum Gasteiger partial charge on any atom is -1.00 e. The Labute approximate surface area is 76.6 Å². The van der Waals surface area contributed by atoms with Gasteiger partial charge >= 0.3 is 0 Å². The van der Waals surface area contributed by atoms with E-state index in [-0.39, 0.29) is 17.0 Å². The van der Waals surface area contributed by atoms with Crippen LogP contribution in [0.3, 0.4) is 0 Å². The highest BCUT2D eigenvalue weighted by molar-refractivity contribution is 4.37. The van der Waals surface area contributed by atoms with Gasteiger partial charge in [-0.3, -0.25) is 0 Å². The topological polar surface area (TPSA) is 30.9 Å². The highest BCUT2D eigenvalue weighted by atomic mass is 79.9. The lowest BCUT2D eigenvalue weighted by Gasteiger charge is -1.92. The first-order chi connectivity index (χ1) is 4.83. The molecule has 5 heteroatoms. The number of methoxy groups -OCH3 is 1. The first-order valence-corrected chi connectivity index (χ1v) is 3.19. The monoisotopic (exact) mass is 221 g/mol. The first-order valence-electron chi connectivity index (χ1n) is 3.19. The molecular weight excluding hydrogens is 210 g/mol. The summed E-state index contributed by atoms with van der Waals surface area (Å²) in [5, 5.41) is 3.99. The van der Waals surface area contributed by atoms with Crippen molar-refractivity contribution in [2.45, 2.75) is 6.54 Å². The second kappa shape index (κ2) is 5.26. The third kappa shape index (κ3) is 3.48. The number of hydrogen-bond donors (Lipinski definition) is 0. The number of rotatable bonds is 3. The van der Waals surface area contributed by atoms with Gasteiger partial charge in [0.05, 0.1) is 20.2 Å². The molecule has 11 heavy (non-hydrogen) atoms. The van der Waals surface area contributed by atoms with Gasteiger partial charge in [0, 0.05) is 12.2 Å². The van der Waals surface area contributed by atoms with Crippen LogP contribution >= 0.6 is 0 Å². The molecule has 0 aliphatic rings. The zero-order valence-corrected chi connectivity index (χ0v) is 8.28. The number of hydrogen-bond acceptors (Lipinski definition) is 2. The maximum absolute atomic E-state index is 4.90.